The predicted octanol–water partition coefficient (Wildman–Crippen LogP) is 3.49. The van der Waals surface area contributed by atoms with Crippen molar-refractivity contribution < 1.29 is 22.7 Å². The van der Waals surface area contributed by atoms with Crippen molar-refractivity contribution in [3.63, 3.8) is 0 Å². The molecule has 2 heterocycles. The maximum Gasteiger partial charge on any atom is 0.418 e. The van der Waals surface area contributed by atoms with Crippen LogP contribution in [0, 0.1) is 0 Å². The molecule has 8 heteroatoms. The van der Waals surface area contributed by atoms with Crippen molar-refractivity contribution in [2.75, 3.05) is 12.3 Å². The van der Waals surface area contributed by atoms with Gasteiger partial charge < -0.3 is 10.5 Å². The lowest BCUT2D eigenvalue weighted by Crippen LogP contribution is -2.17. The van der Waals surface area contributed by atoms with Crippen LogP contribution < -0.4 is 10.5 Å². The van der Waals surface area contributed by atoms with Gasteiger partial charge in [0.1, 0.15) is 11.5 Å². The minimum Gasteiger partial charge on any atom is -0.478 e. The van der Waals surface area contributed by atoms with E-state index in [2.05, 4.69) is 9.97 Å². The van der Waals surface area contributed by atoms with E-state index in [4.69, 9.17) is 10.5 Å². The van der Waals surface area contributed by atoms with E-state index in [-0.39, 0.29) is 17.3 Å². The Morgan fingerprint density at radius 2 is 2.04 bits per heavy atom. The van der Waals surface area contributed by atoms with Crippen LogP contribution in [0.2, 0.25) is 0 Å². The number of ether oxygens (including phenoxy) is 1. The van der Waals surface area contributed by atoms with Crippen LogP contribution in [0.4, 0.5) is 19.0 Å². The van der Waals surface area contributed by atoms with Crippen LogP contribution in [0.15, 0.2) is 30.5 Å². The Morgan fingerprint density at radius 1 is 1.29 bits per heavy atom. The van der Waals surface area contributed by atoms with E-state index < -0.39 is 23.2 Å². The summed E-state index contributed by atoms with van der Waals surface area (Å²) in [5, 5.41) is 0. The number of nitrogen functional groups attached to an aromatic ring is 1. The standard InChI is InChI=1S/C16H16F3N3O2/c1-2-3-9-24-12-7-6-11(16(17,18)19)13(22-12)14(23)10-5-4-8-21-15(10)20/h4-8H,2-3,9H2,1H3,(H2,20,21). The van der Waals surface area contributed by atoms with Crippen molar-refractivity contribution in [2.45, 2.75) is 25.9 Å². The molecular formula is C16H16F3N3O2. The number of hydrogen-bond donors (Lipinski definition) is 1. The van der Waals surface area contributed by atoms with Gasteiger partial charge in [0.15, 0.2) is 0 Å². The number of anilines is 1. The zero-order valence-corrected chi connectivity index (χ0v) is 12.9. The number of aromatic nitrogens is 2. The first kappa shape index (κ1) is 17.7. The number of alkyl halides is 3. The Labute approximate surface area is 136 Å². The Kier molecular flexibility index (Phi) is 5.38. The molecule has 0 saturated carbocycles. The molecule has 0 aliphatic heterocycles. The monoisotopic (exact) mass is 339 g/mol. The van der Waals surface area contributed by atoms with Crippen LogP contribution in [0.25, 0.3) is 0 Å². The summed E-state index contributed by atoms with van der Waals surface area (Å²) in [5.41, 5.74) is 3.55. The van der Waals surface area contributed by atoms with Gasteiger partial charge >= 0.3 is 6.18 Å². The molecule has 0 aliphatic carbocycles. The first-order valence-electron chi connectivity index (χ1n) is 7.30. The van der Waals surface area contributed by atoms with Gasteiger partial charge in [-0.3, -0.25) is 4.79 Å². The van der Waals surface area contributed by atoms with Crippen LogP contribution in [0.3, 0.4) is 0 Å². The zero-order valence-electron chi connectivity index (χ0n) is 12.9. The van der Waals surface area contributed by atoms with E-state index >= 15 is 0 Å². The second-order valence-electron chi connectivity index (χ2n) is 5.01. The van der Waals surface area contributed by atoms with E-state index in [9.17, 15) is 18.0 Å². The Bertz CT molecular complexity index is 733. The number of ketones is 1. The normalized spacial score (nSPS) is 11.3. The molecule has 0 unspecified atom stereocenters. The maximum absolute atomic E-state index is 13.2. The van der Waals surface area contributed by atoms with Crippen LogP contribution in [0.5, 0.6) is 5.88 Å². The molecule has 2 N–H and O–H groups in total. The summed E-state index contributed by atoms with van der Waals surface area (Å²) in [5.74, 6) is -1.15. The smallest absolute Gasteiger partial charge is 0.418 e. The molecule has 0 radical (unpaired) electrons. The van der Waals surface area contributed by atoms with Crippen molar-refractivity contribution in [1.82, 2.24) is 9.97 Å². The van der Waals surface area contributed by atoms with Crippen molar-refractivity contribution in [3.05, 3.63) is 47.3 Å². The van der Waals surface area contributed by atoms with E-state index in [0.717, 1.165) is 25.0 Å². The fourth-order valence-corrected chi connectivity index (χ4v) is 1.98. The van der Waals surface area contributed by atoms with Gasteiger partial charge in [0.05, 0.1) is 17.7 Å². The highest BCUT2D eigenvalue weighted by Crippen LogP contribution is 2.33. The lowest BCUT2D eigenvalue weighted by molar-refractivity contribution is -0.138. The van der Waals surface area contributed by atoms with Crippen molar-refractivity contribution in [2.24, 2.45) is 0 Å². The van der Waals surface area contributed by atoms with E-state index in [0.29, 0.717) is 6.61 Å². The molecule has 2 rings (SSSR count). The van der Waals surface area contributed by atoms with Crippen LogP contribution in [0.1, 0.15) is 41.4 Å². The molecule has 0 bridgehead atoms. The fourth-order valence-electron chi connectivity index (χ4n) is 1.98. The molecule has 0 amide bonds. The molecule has 24 heavy (non-hydrogen) atoms. The van der Waals surface area contributed by atoms with E-state index in [1.165, 1.54) is 18.3 Å². The van der Waals surface area contributed by atoms with Gasteiger partial charge in [-0.2, -0.15) is 13.2 Å². The number of unbranched alkanes of at least 4 members (excludes halogenated alkanes) is 1. The second kappa shape index (κ2) is 7.29. The zero-order chi connectivity index (χ0) is 17.7. The van der Waals surface area contributed by atoms with Crippen LogP contribution >= 0.6 is 0 Å². The summed E-state index contributed by atoms with van der Waals surface area (Å²) in [6.45, 7) is 2.25. The summed E-state index contributed by atoms with van der Waals surface area (Å²) in [4.78, 5) is 19.9. The molecular weight excluding hydrogens is 323 g/mol. The molecule has 0 fully saturated rings. The molecule has 128 valence electrons. The minimum atomic E-state index is -4.73. The van der Waals surface area contributed by atoms with Gasteiger partial charge in [-0.1, -0.05) is 13.3 Å². The molecule has 2 aromatic rings. The number of rotatable bonds is 6. The van der Waals surface area contributed by atoms with Gasteiger partial charge in [0.25, 0.3) is 0 Å². The second-order valence-corrected chi connectivity index (χ2v) is 5.01. The van der Waals surface area contributed by atoms with E-state index in [1.54, 1.807) is 0 Å². The number of halogens is 3. The molecule has 0 saturated heterocycles. The van der Waals surface area contributed by atoms with Crippen LogP contribution in [-0.4, -0.2) is 22.4 Å². The third-order valence-electron chi connectivity index (χ3n) is 3.22. The topological polar surface area (TPSA) is 78.1 Å². The van der Waals surface area contributed by atoms with Crippen LogP contribution in [-0.2, 0) is 6.18 Å². The van der Waals surface area contributed by atoms with Crippen molar-refractivity contribution in [1.29, 1.82) is 0 Å². The molecule has 0 spiro atoms. The number of carbonyl (C=O) groups excluding carboxylic acids is 1. The van der Waals surface area contributed by atoms with E-state index in [1.807, 2.05) is 6.92 Å². The largest absolute Gasteiger partial charge is 0.478 e. The highest BCUT2D eigenvalue weighted by Gasteiger charge is 2.37. The molecule has 0 atom stereocenters. The average Bonchev–Trinajstić information content (AvgIpc) is 2.54. The predicted molar refractivity (Wildman–Crippen MR) is 81.7 cm³/mol. The van der Waals surface area contributed by atoms with Gasteiger partial charge in [0, 0.05) is 12.3 Å². The van der Waals surface area contributed by atoms with Crippen molar-refractivity contribution >= 4 is 11.6 Å². The third kappa shape index (κ3) is 4.01. The minimum absolute atomic E-state index is 0.0396. The lowest BCUT2D eigenvalue weighted by atomic mass is 10.0. The molecule has 2 aromatic heterocycles. The fraction of sp³-hybridized carbons (Fsp3) is 0.312. The van der Waals surface area contributed by atoms with Crippen molar-refractivity contribution in [3.8, 4) is 5.88 Å². The molecule has 5 nitrogen and oxygen atoms in total. The summed E-state index contributed by atoms with van der Waals surface area (Å²) < 4.78 is 44.8. The Balaban J connectivity index is 2.46. The SMILES string of the molecule is CCCCOc1ccc(C(F)(F)F)c(C(=O)c2cccnc2N)n1. The summed E-state index contributed by atoms with van der Waals surface area (Å²) in [7, 11) is 0. The average molecular weight is 339 g/mol. The number of pyridine rings is 2. The Hall–Kier alpha value is -2.64. The first-order valence-corrected chi connectivity index (χ1v) is 7.30. The maximum atomic E-state index is 13.2. The number of carbonyl (C=O) groups is 1. The number of hydrogen-bond acceptors (Lipinski definition) is 5. The van der Waals surface area contributed by atoms with Gasteiger partial charge in [0.2, 0.25) is 11.7 Å². The molecule has 0 aliphatic rings. The lowest BCUT2D eigenvalue weighted by Gasteiger charge is -2.13. The van der Waals surface area contributed by atoms with Gasteiger partial charge in [-0.15, -0.1) is 0 Å². The first-order chi connectivity index (χ1) is 11.3. The summed E-state index contributed by atoms with van der Waals surface area (Å²) in [6, 6.07) is 4.60. The highest BCUT2D eigenvalue weighted by molar-refractivity contribution is 6.11. The summed E-state index contributed by atoms with van der Waals surface area (Å²) >= 11 is 0. The third-order valence-corrected chi connectivity index (χ3v) is 3.22. The number of nitrogens with two attached hydrogens (primary N) is 1. The molecule has 0 aromatic carbocycles. The van der Waals surface area contributed by atoms with Gasteiger partial charge in [-0.25, -0.2) is 9.97 Å². The van der Waals surface area contributed by atoms with Gasteiger partial charge in [-0.05, 0) is 24.6 Å². The Morgan fingerprint density at radius 3 is 2.67 bits per heavy atom. The number of nitrogens with zero attached hydrogens (tertiary/aromatic N) is 2. The summed E-state index contributed by atoms with van der Waals surface area (Å²) in [6.07, 6.45) is -1.80. The quantitative estimate of drug-likeness (QED) is 0.644. The highest BCUT2D eigenvalue weighted by atomic mass is 19.4.